The van der Waals surface area contributed by atoms with Gasteiger partial charge < -0.3 is 5.32 Å². The first-order valence-electron chi connectivity index (χ1n) is 7.66. The van der Waals surface area contributed by atoms with Crippen LogP contribution in [-0.4, -0.2) is 32.4 Å². The van der Waals surface area contributed by atoms with E-state index in [0.717, 1.165) is 42.5 Å². The second-order valence-corrected chi connectivity index (χ2v) is 7.93. The van der Waals surface area contributed by atoms with Gasteiger partial charge in [0.2, 0.25) is 10.0 Å². The van der Waals surface area contributed by atoms with Crippen LogP contribution in [0.1, 0.15) is 42.9 Å². The molecule has 118 valence electrons. The number of sulfonamides is 1. The first-order chi connectivity index (χ1) is 9.87. The molecule has 21 heavy (non-hydrogen) atoms. The number of hydrogen-bond donors (Lipinski definition) is 1. The van der Waals surface area contributed by atoms with Crippen LogP contribution in [0.4, 0.5) is 0 Å². The smallest absolute Gasteiger partial charge is 0.243 e. The van der Waals surface area contributed by atoms with E-state index < -0.39 is 10.0 Å². The Morgan fingerprint density at radius 1 is 1.29 bits per heavy atom. The van der Waals surface area contributed by atoms with E-state index in [2.05, 4.69) is 18.3 Å². The van der Waals surface area contributed by atoms with Gasteiger partial charge in [-0.25, -0.2) is 8.42 Å². The lowest BCUT2D eigenvalue weighted by Crippen LogP contribution is -2.30. The SMILES string of the molecule is CCCNCc1cc(C)c(C)c(S(=O)(=O)N(C)C2CC2)c1. The van der Waals surface area contributed by atoms with Crippen LogP contribution in [0.2, 0.25) is 0 Å². The maximum atomic E-state index is 12.8. The minimum absolute atomic E-state index is 0.191. The number of aryl methyl sites for hydroxylation is 1. The minimum atomic E-state index is -3.38. The Labute approximate surface area is 128 Å². The van der Waals surface area contributed by atoms with Crippen molar-refractivity contribution in [2.24, 2.45) is 0 Å². The summed E-state index contributed by atoms with van der Waals surface area (Å²) in [6, 6.07) is 4.10. The van der Waals surface area contributed by atoms with Crippen molar-refractivity contribution in [1.29, 1.82) is 0 Å². The van der Waals surface area contributed by atoms with Crippen molar-refractivity contribution in [1.82, 2.24) is 9.62 Å². The molecule has 0 spiro atoms. The highest BCUT2D eigenvalue weighted by Gasteiger charge is 2.35. The average Bonchev–Trinajstić information content (AvgIpc) is 3.26. The summed E-state index contributed by atoms with van der Waals surface area (Å²) < 4.78 is 27.1. The summed E-state index contributed by atoms with van der Waals surface area (Å²) in [6.07, 6.45) is 3.03. The van der Waals surface area contributed by atoms with Gasteiger partial charge in [0.05, 0.1) is 4.90 Å². The van der Waals surface area contributed by atoms with Crippen molar-refractivity contribution in [3.05, 3.63) is 28.8 Å². The Kier molecular flexibility index (Phi) is 5.07. The number of hydrogen-bond acceptors (Lipinski definition) is 3. The fourth-order valence-electron chi connectivity index (χ4n) is 2.47. The highest BCUT2D eigenvalue weighted by molar-refractivity contribution is 7.89. The van der Waals surface area contributed by atoms with Crippen LogP contribution < -0.4 is 5.32 Å². The fraction of sp³-hybridized carbons (Fsp3) is 0.625. The molecule has 5 heteroatoms. The molecular formula is C16H26N2O2S. The summed E-state index contributed by atoms with van der Waals surface area (Å²) in [6.45, 7) is 7.65. The molecule has 0 heterocycles. The quantitative estimate of drug-likeness (QED) is 0.788. The summed E-state index contributed by atoms with van der Waals surface area (Å²) in [7, 11) is -1.68. The van der Waals surface area contributed by atoms with Gasteiger partial charge in [-0.15, -0.1) is 0 Å². The zero-order chi connectivity index (χ0) is 15.6. The van der Waals surface area contributed by atoms with Crippen molar-refractivity contribution in [2.75, 3.05) is 13.6 Å². The van der Waals surface area contributed by atoms with Crippen LogP contribution in [0.5, 0.6) is 0 Å². The third-order valence-corrected chi connectivity index (χ3v) is 6.19. The van der Waals surface area contributed by atoms with Gasteiger partial charge in [-0.05, 0) is 62.4 Å². The molecule has 2 rings (SSSR count). The van der Waals surface area contributed by atoms with Crippen molar-refractivity contribution in [2.45, 2.75) is 57.5 Å². The number of nitrogens with one attached hydrogen (secondary N) is 1. The Bertz CT molecular complexity index is 607. The van der Waals surface area contributed by atoms with Gasteiger partial charge in [0.1, 0.15) is 0 Å². The summed E-state index contributed by atoms with van der Waals surface area (Å²) in [5.74, 6) is 0. The van der Waals surface area contributed by atoms with Gasteiger partial charge in [0, 0.05) is 19.6 Å². The third kappa shape index (κ3) is 3.65. The molecule has 1 fully saturated rings. The monoisotopic (exact) mass is 310 g/mol. The maximum absolute atomic E-state index is 12.8. The van der Waals surface area contributed by atoms with Crippen LogP contribution in [-0.2, 0) is 16.6 Å². The normalized spacial score (nSPS) is 15.7. The highest BCUT2D eigenvalue weighted by Crippen LogP contribution is 2.32. The third-order valence-electron chi connectivity index (χ3n) is 4.15. The summed E-state index contributed by atoms with van der Waals surface area (Å²) in [5.41, 5.74) is 2.93. The predicted molar refractivity (Wildman–Crippen MR) is 85.9 cm³/mol. The molecule has 1 aliphatic carbocycles. The zero-order valence-corrected chi connectivity index (χ0v) is 14.3. The van der Waals surface area contributed by atoms with E-state index in [4.69, 9.17) is 0 Å². The lowest BCUT2D eigenvalue weighted by molar-refractivity contribution is 0.463. The van der Waals surface area contributed by atoms with Crippen LogP contribution in [0.15, 0.2) is 17.0 Å². The molecule has 0 amide bonds. The van der Waals surface area contributed by atoms with Crippen LogP contribution in [0.3, 0.4) is 0 Å². The van der Waals surface area contributed by atoms with E-state index in [-0.39, 0.29) is 6.04 Å². The van der Waals surface area contributed by atoms with E-state index in [1.807, 2.05) is 19.9 Å². The molecule has 0 aliphatic heterocycles. The molecule has 0 aromatic heterocycles. The van der Waals surface area contributed by atoms with E-state index in [1.165, 1.54) is 4.31 Å². The van der Waals surface area contributed by atoms with Crippen LogP contribution in [0, 0.1) is 13.8 Å². The van der Waals surface area contributed by atoms with Gasteiger partial charge in [-0.3, -0.25) is 0 Å². The molecular weight excluding hydrogens is 284 g/mol. The number of benzene rings is 1. The summed E-state index contributed by atoms with van der Waals surface area (Å²) >= 11 is 0. The molecule has 0 saturated heterocycles. The number of nitrogens with zero attached hydrogens (tertiary/aromatic N) is 1. The molecule has 1 aromatic carbocycles. The topological polar surface area (TPSA) is 49.4 Å². The molecule has 1 aromatic rings. The molecule has 4 nitrogen and oxygen atoms in total. The molecule has 1 saturated carbocycles. The molecule has 0 bridgehead atoms. The van der Waals surface area contributed by atoms with E-state index in [0.29, 0.717) is 11.4 Å². The fourth-order valence-corrected chi connectivity index (χ4v) is 4.23. The molecule has 0 atom stereocenters. The summed E-state index contributed by atoms with van der Waals surface area (Å²) in [5, 5.41) is 3.33. The van der Waals surface area contributed by atoms with E-state index in [1.54, 1.807) is 7.05 Å². The lowest BCUT2D eigenvalue weighted by Gasteiger charge is -2.20. The Hall–Kier alpha value is -0.910. The van der Waals surface area contributed by atoms with Crippen molar-refractivity contribution in [3.63, 3.8) is 0 Å². The molecule has 0 unspecified atom stereocenters. The lowest BCUT2D eigenvalue weighted by atomic mass is 10.1. The second-order valence-electron chi connectivity index (χ2n) is 5.97. The summed E-state index contributed by atoms with van der Waals surface area (Å²) in [4.78, 5) is 0.463. The Morgan fingerprint density at radius 2 is 1.95 bits per heavy atom. The molecule has 1 N–H and O–H groups in total. The van der Waals surface area contributed by atoms with Crippen molar-refractivity contribution < 1.29 is 8.42 Å². The molecule has 1 aliphatic rings. The minimum Gasteiger partial charge on any atom is -0.313 e. The van der Waals surface area contributed by atoms with Gasteiger partial charge >= 0.3 is 0 Å². The first-order valence-corrected chi connectivity index (χ1v) is 9.10. The molecule has 0 radical (unpaired) electrons. The van der Waals surface area contributed by atoms with Crippen LogP contribution in [0.25, 0.3) is 0 Å². The van der Waals surface area contributed by atoms with Crippen molar-refractivity contribution in [3.8, 4) is 0 Å². The Morgan fingerprint density at radius 3 is 2.52 bits per heavy atom. The maximum Gasteiger partial charge on any atom is 0.243 e. The number of rotatable bonds is 7. The predicted octanol–water partition coefficient (Wildman–Crippen LogP) is 2.59. The zero-order valence-electron chi connectivity index (χ0n) is 13.4. The van der Waals surface area contributed by atoms with E-state index in [9.17, 15) is 8.42 Å². The average molecular weight is 310 g/mol. The van der Waals surface area contributed by atoms with Gasteiger partial charge in [0.25, 0.3) is 0 Å². The first kappa shape index (κ1) is 16.5. The largest absolute Gasteiger partial charge is 0.313 e. The Balaban J connectivity index is 2.33. The van der Waals surface area contributed by atoms with Crippen molar-refractivity contribution >= 4 is 10.0 Å². The highest BCUT2D eigenvalue weighted by atomic mass is 32.2. The van der Waals surface area contributed by atoms with Gasteiger partial charge in [-0.1, -0.05) is 13.0 Å². The van der Waals surface area contributed by atoms with Crippen LogP contribution >= 0.6 is 0 Å². The van der Waals surface area contributed by atoms with Gasteiger partial charge in [-0.2, -0.15) is 4.31 Å². The standard InChI is InChI=1S/C16H26N2O2S/c1-5-8-17-11-14-9-12(2)13(3)16(10-14)21(19,20)18(4)15-6-7-15/h9-10,15,17H,5-8,11H2,1-4H3. The van der Waals surface area contributed by atoms with E-state index >= 15 is 0 Å². The van der Waals surface area contributed by atoms with Gasteiger partial charge in [0.15, 0.2) is 0 Å². The second kappa shape index (κ2) is 6.46.